The van der Waals surface area contributed by atoms with E-state index in [4.69, 9.17) is 4.74 Å². The van der Waals surface area contributed by atoms with E-state index in [2.05, 4.69) is 5.32 Å². The molecule has 2 rings (SSSR count). The maximum atomic E-state index is 12.0. The average molecular weight is 248 g/mol. The number of ether oxygens (including phenoxy) is 1. The minimum absolute atomic E-state index is 0.0184. The molecule has 0 aromatic heterocycles. The summed E-state index contributed by atoms with van der Waals surface area (Å²) >= 11 is 0. The molecule has 1 saturated heterocycles. The second-order valence-corrected chi connectivity index (χ2v) is 4.28. The zero-order chi connectivity index (χ0) is 13.1. The van der Waals surface area contributed by atoms with E-state index in [1.807, 2.05) is 0 Å². The van der Waals surface area contributed by atoms with Gasteiger partial charge in [0, 0.05) is 19.2 Å². The molecule has 0 bridgehead atoms. The van der Waals surface area contributed by atoms with Gasteiger partial charge in [0.2, 0.25) is 11.8 Å². The lowest BCUT2D eigenvalue weighted by molar-refractivity contribution is -0.131. The van der Waals surface area contributed by atoms with Gasteiger partial charge >= 0.3 is 0 Å². The SMILES string of the molecule is COc1ccc(NC(=O)C2CCC(=O)N2C)cc1. The number of nitrogens with one attached hydrogen (secondary N) is 1. The van der Waals surface area contributed by atoms with E-state index in [0.29, 0.717) is 18.5 Å². The molecule has 5 nitrogen and oxygen atoms in total. The number of methoxy groups -OCH3 is 1. The summed E-state index contributed by atoms with van der Waals surface area (Å²) in [5.41, 5.74) is 0.702. The molecule has 1 aromatic rings. The van der Waals surface area contributed by atoms with Gasteiger partial charge in [-0.1, -0.05) is 0 Å². The summed E-state index contributed by atoms with van der Waals surface area (Å²) in [6.45, 7) is 0. The summed E-state index contributed by atoms with van der Waals surface area (Å²) in [5, 5.41) is 2.80. The minimum atomic E-state index is -0.361. The topological polar surface area (TPSA) is 58.6 Å². The highest BCUT2D eigenvalue weighted by Crippen LogP contribution is 2.20. The van der Waals surface area contributed by atoms with Crippen molar-refractivity contribution >= 4 is 17.5 Å². The third-order valence-corrected chi connectivity index (χ3v) is 3.15. The van der Waals surface area contributed by atoms with Gasteiger partial charge in [0.1, 0.15) is 11.8 Å². The van der Waals surface area contributed by atoms with Crippen LogP contribution in [0.25, 0.3) is 0 Å². The molecular formula is C13H16N2O3. The molecule has 1 heterocycles. The van der Waals surface area contributed by atoms with Gasteiger partial charge in [-0.15, -0.1) is 0 Å². The van der Waals surface area contributed by atoms with Crippen molar-refractivity contribution < 1.29 is 14.3 Å². The quantitative estimate of drug-likeness (QED) is 0.876. The second kappa shape index (κ2) is 5.08. The Morgan fingerprint density at radius 1 is 1.39 bits per heavy atom. The maximum absolute atomic E-state index is 12.0. The van der Waals surface area contributed by atoms with E-state index in [-0.39, 0.29) is 17.9 Å². The fraction of sp³-hybridized carbons (Fsp3) is 0.385. The van der Waals surface area contributed by atoms with Crippen molar-refractivity contribution in [3.8, 4) is 5.75 Å². The van der Waals surface area contributed by atoms with Crippen LogP contribution < -0.4 is 10.1 Å². The van der Waals surface area contributed by atoms with Crippen LogP contribution in [0.4, 0.5) is 5.69 Å². The number of likely N-dealkylation sites (tertiary alicyclic amines) is 1. The standard InChI is InChI=1S/C13H16N2O3/c1-15-11(7-8-12(15)16)13(17)14-9-3-5-10(18-2)6-4-9/h3-6,11H,7-8H2,1-2H3,(H,14,17). The van der Waals surface area contributed by atoms with Crippen LogP contribution in [0.5, 0.6) is 5.75 Å². The van der Waals surface area contributed by atoms with E-state index in [1.54, 1.807) is 38.4 Å². The molecule has 1 unspecified atom stereocenters. The Hall–Kier alpha value is -2.04. The Kier molecular flexibility index (Phi) is 3.50. The number of carbonyl (C=O) groups excluding carboxylic acids is 2. The number of hydrogen-bond donors (Lipinski definition) is 1. The summed E-state index contributed by atoms with van der Waals surface area (Å²) < 4.78 is 5.04. The van der Waals surface area contributed by atoms with Crippen LogP contribution >= 0.6 is 0 Å². The molecule has 1 N–H and O–H groups in total. The van der Waals surface area contributed by atoms with Crippen molar-refractivity contribution in [2.75, 3.05) is 19.5 Å². The van der Waals surface area contributed by atoms with Crippen molar-refractivity contribution in [2.24, 2.45) is 0 Å². The number of hydrogen-bond acceptors (Lipinski definition) is 3. The van der Waals surface area contributed by atoms with E-state index < -0.39 is 0 Å². The largest absolute Gasteiger partial charge is 0.497 e. The van der Waals surface area contributed by atoms with Crippen molar-refractivity contribution in [1.29, 1.82) is 0 Å². The van der Waals surface area contributed by atoms with Crippen LogP contribution in [0.2, 0.25) is 0 Å². The van der Waals surface area contributed by atoms with Gasteiger partial charge in [0.05, 0.1) is 7.11 Å². The van der Waals surface area contributed by atoms with Crippen LogP contribution in [-0.4, -0.2) is 36.9 Å². The highest BCUT2D eigenvalue weighted by atomic mass is 16.5. The van der Waals surface area contributed by atoms with Crippen molar-refractivity contribution in [1.82, 2.24) is 4.90 Å². The van der Waals surface area contributed by atoms with E-state index in [0.717, 1.165) is 5.75 Å². The first-order chi connectivity index (χ1) is 8.61. The van der Waals surface area contributed by atoms with E-state index in [1.165, 1.54) is 4.90 Å². The van der Waals surface area contributed by atoms with Crippen molar-refractivity contribution in [2.45, 2.75) is 18.9 Å². The summed E-state index contributed by atoms with van der Waals surface area (Å²) in [6.07, 6.45) is 1.02. The summed E-state index contributed by atoms with van der Waals surface area (Å²) in [6, 6.07) is 6.74. The first-order valence-corrected chi connectivity index (χ1v) is 5.82. The zero-order valence-electron chi connectivity index (χ0n) is 10.5. The molecule has 1 fully saturated rings. The molecule has 1 aromatic carbocycles. The maximum Gasteiger partial charge on any atom is 0.247 e. The molecule has 18 heavy (non-hydrogen) atoms. The van der Waals surface area contributed by atoms with Gasteiger partial charge in [-0.25, -0.2) is 0 Å². The Morgan fingerprint density at radius 2 is 2.06 bits per heavy atom. The number of anilines is 1. The molecule has 0 saturated carbocycles. The highest BCUT2D eigenvalue weighted by Gasteiger charge is 2.33. The molecule has 1 aliphatic rings. The molecular weight excluding hydrogens is 232 g/mol. The van der Waals surface area contributed by atoms with E-state index >= 15 is 0 Å². The summed E-state index contributed by atoms with van der Waals surface area (Å²) in [7, 11) is 3.25. The molecule has 5 heteroatoms. The molecule has 2 amide bonds. The predicted molar refractivity (Wildman–Crippen MR) is 67.4 cm³/mol. The third kappa shape index (κ3) is 2.45. The van der Waals surface area contributed by atoms with Gasteiger partial charge in [-0.05, 0) is 30.7 Å². The number of benzene rings is 1. The Morgan fingerprint density at radius 3 is 2.56 bits per heavy atom. The molecule has 96 valence electrons. The van der Waals surface area contributed by atoms with Crippen molar-refractivity contribution in [3.63, 3.8) is 0 Å². The second-order valence-electron chi connectivity index (χ2n) is 4.28. The summed E-state index contributed by atoms with van der Waals surface area (Å²) in [4.78, 5) is 24.8. The monoisotopic (exact) mass is 248 g/mol. The molecule has 0 spiro atoms. The average Bonchev–Trinajstić information content (AvgIpc) is 2.71. The molecule has 1 aliphatic heterocycles. The van der Waals surface area contributed by atoms with Crippen LogP contribution in [0, 0.1) is 0 Å². The fourth-order valence-corrected chi connectivity index (χ4v) is 2.01. The normalized spacial score (nSPS) is 18.9. The smallest absolute Gasteiger partial charge is 0.247 e. The van der Waals surface area contributed by atoms with Gasteiger partial charge in [-0.2, -0.15) is 0 Å². The van der Waals surface area contributed by atoms with Gasteiger partial charge in [0.25, 0.3) is 0 Å². The fourth-order valence-electron chi connectivity index (χ4n) is 2.01. The minimum Gasteiger partial charge on any atom is -0.497 e. The van der Waals surface area contributed by atoms with Crippen LogP contribution in [-0.2, 0) is 9.59 Å². The first-order valence-electron chi connectivity index (χ1n) is 5.82. The first kappa shape index (κ1) is 12.4. The number of carbonyl (C=O) groups is 2. The van der Waals surface area contributed by atoms with Crippen LogP contribution in [0.3, 0.4) is 0 Å². The van der Waals surface area contributed by atoms with Crippen LogP contribution in [0.1, 0.15) is 12.8 Å². The van der Waals surface area contributed by atoms with Gasteiger partial charge in [-0.3, -0.25) is 9.59 Å². The zero-order valence-corrected chi connectivity index (χ0v) is 10.5. The number of rotatable bonds is 3. The van der Waals surface area contributed by atoms with Crippen LogP contribution in [0.15, 0.2) is 24.3 Å². The Bertz CT molecular complexity index is 456. The number of likely N-dealkylation sites (N-methyl/N-ethyl adjacent to an activating group) is 1. The molecule has 0 aliphatic carbocycles. The molecule has 0 radical (unpaired) electrons. The van der Waals surface area contributed by atoms with Gasteiger partial charge < -0.3 is 15.0 Å². The third-order valence-electron chi connectivity index (χ3n) is 3.15. The predicted octanol–water partition coefficient (Wildman–Crippen LogP) is 1.25. The Balaban J connectivity index is 2.00. The lowest BCUT2D eigenvalue weighted by atomic mass is 10.2. The van der Waals surface area contributed by atoms with Gasteiger partial charge in [0.15, 0.2) is 0 Å². The lowest BCUT2D eigenvalue weighted by Gasteiger charge is -2.19. The highest BCUT2D eigenvalue weighted by molar-refractivity contribution is 5.98. The van der Waals surface area contributed by atoms with E-state index in [9.17, 15) is 9.59 Å². The Labute approximate surface area is 106 Å². The number of nitrogens with zero attached hydrogens (tertiary/aromatic N) is 1. The lowest BCUT2D eigenvalue weighted by Crippen LogP contribution is -2.38. The van der Waals surface area contributed by atoms with Crippen molar-refractivity contribution in [3.05, 3.63) is 24.3 Å². The summed E-state index contributed by atoms with van der Waals surface area (Å²) in [5.74, 6) is 0.611. The molecule has 1 atom stereocenters. The number of amides is 2.